The highest BCUT2D eigenvalue weighted by atomic mass is 35.5. The number of thioether (sulfide) groups is 1. The van der Waals surface area contributed by atoms with Crippen LogP contribution in [0.5, 0.6) is 0 Å². The van der Waals surface area contributed by atoms with Gasteiger partial charge < -0.3 is 0 Å². The van der Waals surface area contributed by atoms with Crippen LogP contribution in [0.4, 0.5) is 0 Å². The van der Waals surface area contributed by atoms with E-state index in [1.165, 1.54) is 11.8 Å². The van der Waals surface area contributed by atoms with Gasteiger partial charge in [-0.25, -0.2) is 0 Å². The van der Waals surface area contributed by atoms with Gasteiger partial charge in [-0.3, -0.25) is 4.79 Å². The molecule has 1 aromatic rings. The molecule has 17 heavy (non-hydrogen) atoms. The number of benzene rings is 1. The summed E-state index contributed by atoms with van der Waals surface area (Å²) in [6.07, 6.45) is 0.785. The van der Waals surface area contributed by atoms with Crippen LogP contribution in [0.2, 0.25) is 5.02 Å². The summed E-state index contributed by atoms with van der Waals surface area (Å²) < 4.78 is 0. The van der Waals surface area contributed by atoms with E-state index in [1.807, 2.05) is 6.92 Å². The standard InChI is InChI=1S/C11H9ClN3OS/c1-2-9-14-15-11(17-9)13-10(16)7-5-3-4-6-8(7)12/h3-6H,2H2,1H3. The van der Waals surface area contributed by atoms with Gasteiger partial charge in [0.1, 0.15) is 5.04 Å². The van der Waals surface area contributed by atoms with Gasteiger partial charge in [-0.05, 0) is 30.3 Å². The lowest BCUT2D eigenvalue weighted by atomic mass is 10.2. The number of carbonyl (C=O) groups excluding carboxylic acids is 1. The zero-order valence-corrected chi connectivity index (χ0v) is 10.6. The van der Waals surface area contributed by atoms with E-state index in [9.17, 15) is 4.79 Å². The largest absolute Gasteiger partial charge is 0.281 e. The maximum atomic E-state index is 11.8. The number of carbonyl (C=O) groups is 1. The molecular formula is C11H9ClN3OS. The molecule has 6 heteroatoms. The number of aliphatic imine (C=N–C) groups is 1. The predicted molar refractivity (Wildman–Crippen MR) is 70.7 cm³/mol. The highest BCUT2D eigenvalue weighted by Crippen LogP contribution is 2.19. The van der Waals surface area contributed by atoms with Crippen LogP contribution in [0.15, 0.2) is 34.4 Å². The third-order valence-electron chi connectivity index (χ3n) is 2.06. The lowest BCUT2D eigenvalue weighted by Crippen LogP contribution is -2.05. The fourth-order valence-electron chi connectivity index (χ4n) is 1.21. The van der Waals surface area contributed by atoms with Crippen LogP contribution in [-0.4, -0.2) is 16.1 Å². The van der Waals surface area contributed by atoms with Gasteiger partial charge in [-0.15, -0.1) is 10.5 Å². The Morgan fingerprint density at radius 1 is 1.47 bits per heavy atom. The van der Waals surface area contributed by atoms with Gasteiger partial charge >= 0.3 is 0 Å². The normalized spacial score (nSPS) is 16.8. The maximum Gasteiger partial charge on any atom is 0.281 e. The molecule has 0 fully saturated rings. The molecule has 0 N–H and O–H groups in total. The molecule has 1 amide bonds. The lowest BCUT2D eigenvalue weighted by molar-refractivity contribution is 0.100. The van der Waals surface area contributed by atoms with Crippen molar-refractivity contribution in [3.63, 3.8) is 0 Å². The quantitative estimate of drug-likeness (QED) is 0.826. The summed E-state index contributed by atoms with van der Waals surface area (Å²) in [7, 11) is 0. The number of amides is 1. The molecule has 0 saturated heterocycles. The molecule has 1 aromatic carbocycles. The van der Waals surface area contributed by atoms with E-state index >= 15 is 0 Å². The van der Waals surface area contributed by atoms with Crippen molar-refractivity contribution in [2.45, 2.75) is 13.3 Å². The molecule has 1 heterocycles. The SMILES string of the molecule is CCC1=N[N]C(=NC(=O)c2ccccc2Cl)S1. The van der Waals surface area contributed by atoms with Crippen LogP contribution >= 0.6 is 23.4 Å². The third kappa shape index (κ3) is 2.87. The van der Waals surface area contributed by atoms with Crippen LogP contribution in [0.3, 0.4) is 0 Å². The second kappa shape index (κ2) is 5.33. The molecule has 0 atom stereocenters. The first-order chi connectivity index (χ1) is 8.20. The van der Waals surface area contributed by atoms with Crippen LogP contribution in [0.25, 0.3) is 0 Å². The Labute approximate surface area is 108 Å². The summed E-state index contributed by atoms with van der Waals surface area (Å²) in [5.74, 6) is -0.394. The molecule has 1 aliphatic heterocycles. The van der Waals surface area contributed by atoms with Crippen molar-refractivity contribution >= 4 is 39.5 Å². The molecule has 1 aliphatic rings. The summed E-state index contributed by atoms with van der Waals surface area (Å²) in [6.45, 7) is 1.97. The summed E-state index contributed by atoms with van der Waals surface area (Å²) in [5.41, 5.74) is 4.20. The molecule has 87 valence electrons. The Morgan fingerprint density at radius 2 is 2.24 bits per heavy atom. The first-order valence-corrected chi connectivity index (χ1v) is 6.23. The molecule has 0 unspecified atom stereocenters. The van der Waals surface area contributed by atoms with E-state index in [-0.39, 0.29) is 0 Å². The number of nitrogens with zero attached hydrogens (tertiary/aromatic N) is 3. The first-order valence-electron chi connectivity index (χ1n) is 5.03. The van der Waals surface area contributed by atoms with Crippen molar-refractivity contribution in [3.8, 4) is 0 Å². The topological polar surface area (TPSA) is 55.9 Å². The second-order valence-corrected chi connectivity index (χ2v) is 4.68. The van der Waals surface area contributed by atoms with Gasteiger partial charge in [0.05, 0.1) is 10.6 Å². The molecular weight excluding hydrogens is 258 g/mol. The predicted octanol–water partition coefficient (Wildman–Crippen LogP) is 2.91. The van der Waals surface area contributed by atoms with Gasteiger partial charge in [0.15, 0.2) is 0 Å². The van der Waals surface area contributed by atoms with Gasteiger partial charge in [-0.2, -0.15) is 4.99 Å². The fraction of sp³-hybridized carbons (Fsp3) is 0.182. The number of halogens is 1. The van der Waals surface area contributed by atoms with E-state index in [4.69, 9.17) is 11.6 Å². The Kier molecular flexibility index (Phi) is 3.81. The van der Waals surface area contributed by atoms with Crippen molar-refractivity contribution in [2.24, 2.45) is 10.1 Å². The van der Waals surface area contributed by atoms with Crippen molar-refractivity contribution in [2.75, 3.05) is 0 Å². The molecule has 0 aromatic heterocycles. The van der Waals surface area contributed by atoms with Crippen molar-refractivity contribution in [3.05, 3.63) is 34.9 Å². The summed E-state index contributed by atoms with van der Waals surface area (Å²) in [5, 5.41) is 5.51. The minimum atomic E-state index is -0.394. The van der Waals surface area contributed by atoms with Gasteiger partial charge in [-0.1, -0.05) is 30.7 Å². The van der Waals surface area contributed by atoms with Crippen LogP contribution in [0, 0.1) is 0 Å². The Hall–Kier alpha value is -1.33. The minimum Gasteiger partial charge on any atom is -0.267 e. The number of amidine groups is 1. The molecule has 4 nitrogen and oxygen atoms in total. The summed E-state index contributed by atoms with van der Waals surface area (Å²) in [4.78, 5) is 15.7. The van der Waals surface area contributed by atoms with Gasteiger partial charge in [0.2, 0.25) is 5.17 Å². The molecule has 0 spiro atoms. The second-order valence-electron chi connectivity index (χ2n) is 3.23. The molecule has 0 aliphatic carbocycles. The highest BCUT2D eigenvalue weighted by molar-refractivity contribution is 8.26. The molecule has 0 bridgehead atoms. The monoisotopic (exact) mass is 266 g/mol. The smallest absolute Gasteiger partial charge is 0.267 e. The minimum absolute atomic E-state index is 0.367. The summed E-state index contributed by atoms with van der Waals surface area (Å²) in [6, 6.07) is 6.79. The van der Waals surface area contributed by atoms with E-state index in [0.717, 1.165) is 11.5 Å². The zero-order valence-electron chi connectivity index (χ0n) is 9.05. The molecule has 1 radical (unpaired) electrons. The van der Waals surface area contributed by atoms with Crippen molar-refractivity contribution in [1.29, 1.82) is 0 Å². The third-order valence-corrected chi connectivity index (χ3v) is 3.35. The number of hydrogen-bond acceptors (Lipinski definition) is 3. The first kappa shape index (κ1) is 12.1. The van der Waals surface area contributed by atoms with Crippen LogP contribution < -0.4 is 5.43 Å². The fourth-order valence-corrected chi connectivity index (χ4v) is 2.08. The maximum absolute atomic E-state index is 11.8. The molecule has 0 saturated carbocycles. The van der Waals surface area contributed by atoms with Crippen molar-refractivity contribution < 1.29 is 4.79 Å². The van der Waals surface area contributed by atoms with Crippen LogP contribution in [-0.2, 0) is 0 Å². The van der Waals surface area contributed by atoms with E-state index in [0.29, 0.717) is 15.8 Å². The summed E-state index contributed by atoms with van der Waals surface area (Å²) >= 11 is 7.21. The highest BCUT2D eigenvalue weighted by Gasteiger charge is 2.17. The average molecular weight is 267 g/mol. The Morgan fingerprint density at radius 3 is 2.88 bits per heavy atom. The zero-order chi connectivity index (χ0) is 12.3. The van der Waals surface area contributed by atoms with Gasteiger partial charge in [0, 0.05) is 0 Å². The molecule has 2 rings (SSSR count). The average Bonchev–Trinajstić information content (AvgIpc) is 2.77. The van der Waals surface area contributed by atoms with E-state index in [2.05, 4.69) is 15.5 Å². The van der Waals surface area contributed by atoms with Crippen LogP contribution in [0.1, 0.15) is 23.7 Å². The van der Waals surface area contributed by atoms with E-state index in [1.54, 1.807) is 24.3 Å². The Bertz CT molecular complexity index is 513. The Balaban J connectivity index is 2.14. The van der Waals surface area contributed by atoms with E-state index < -0.39 is 5.91 Å². The van der Waals surface area contributed by atoms with Crippen molar-refractivity contribution in [1.82, 2.24) is 5.43 Å². The number of hydrogen-bond donors (Lipinski definition) is 0. The number of rotatable bonds is 2. The van der Waals surface area contributed by atoms with Gasteiger partial charge in [0.25, 0.3) is 5.91 Å². The lowest BCUT2D eigenvalue weighted by Gasteiger charge is -1.98.